The highest BCUT2D eigenvalue weighted by Gasteiger charge is 2.18. The molecule has 2 rings (SSSR count). The van der Waals surface area contributed by atoms with Gasteiger partial charge in [0.15, 0.2) is 0 Å². The van der Waals surface area contributed by atoms with Gasteiger partial charge in [-0.25, -0.2) is 13.1 Å². The van der Waals surface area contributed by atoms with E-state index in [9.17, 15) is 13.2 Å². The third kappa shape index (κ3) is 5.37. The van der Waals surface area contributed by atoms with Crippen LogP contribution in [0.25, 0.3) is 0 Å². The van der Waals surface area contributed by atoms with Gasteiger partial charge in [-0.15, -0.1) is 0 Å². The number of nitrogens with zero attached hydrogens (tertiary/aromatic N) is 2. The van der Waals surface area contributed by atoms with E-state index in [1.807, 2.05) is 32.0 Å². The van der Waals surface area contributed by atoms with Gasteiger partial charge in [-0.1, -0.05) is 13.0 Å². The molecular formula is C19H25N3O3S. The maximum absolute atomic E-state index is 12.5. The molecule has 1 atom stereocenters. The lowest BCUT2D eigenvalue weighted by Crippen LogP contribution is -2.32. The fourth-order valence-corrected chi connectivity index (χ4v) is 3.67. The largest absolute Gasteiger partial charge is 0.341 e. The van der Waals surface area contributed by atoms with Crippen molar-refractivity contribution >= 4 is 15.9 Å². The monoisotopic (exact) mass is 375 g/mol. The molecule has 1 aromatic heterocycles. The van der Waals surface area contributed by atoms with Crippen molar-refractivity contribution in [2.45, 2.75) is 37.6 Å². The standard InChI is InChI=1S/C19H25N3O3S/c1-4-15(2)21-26(24,25)18-10-8-16(9-11-18)19(23)22(3)14-12-17-7-5-6-13-20-17/h5-11,13,15,21H,4,12,14H2,1-3H3. The minimum Gasteiger partial charge on any atom is -0.341 e. The van der Waals surface area contributed by atoms with Crippen molar-refractivity contribution in [3.8, 4) is 0 Å². The van der Waals surface area contributed by atoms with E-state index in [0.29, 0.717) is 24.9 Å². The average molecular weight is 375 g/mol. The van der Waals surface area contributed by atoms with Gasteiger partial charge in [0, 0.05) is 43.5 Å². The molecule has 0 bridgehead atoms. The van der Waals surface area contributed by atoms with Crippen molar-refractivity contribution in [1.82, 2.24) is 14.6 Å². The van der Waals surface area contributed by atoms with E-state index in [-0.39, 0.29) is 16.8 Å². The van der Waals surface area contributed by atoms with Crippen molar-refractivity contribution in [3.63, 3.8) is 0 Å². The molecule has 0 fully saturated rings. The van der Waals surface area contributed by atoms with Crippen molar-refractivity contribution in [2.24, 2.45) is 0 Å². The van der Waals surface area contributed by atoms with Gasteiger partial charge in [-0.05, 0) is 49.7 Å². The summed E-state index contributed by atoms with van der Waals surface area (Å²) in [6.45, 7) is 4.26. The Labute approximate surface area is 155 Å². The minimum absolute atomic E-state index is 0.140. The SMILES string of the molecule is CCC(C)NS(=O)(=O)c1ccc(C(=O)N(C)CCc2ccccn2)cc1. The van der Waals surface area contributed by atoms with Crippen LogP contribution in [0.1, 0.15) is 36.3 Å². The minimum atomic E-state index is -3.56. The van der Waals surface area contributed by atoms with E-state index in [0.717, 1.165) is 5.69 Å². The first-order chi connectivity index (χ1) is 12.3. The molecule has 6 nitrogen and oxygen atoms in total. The second kappa shape index (κ2) is 8.91. The highest BCUT2D eigenvalue weighted by Crippen LogP contribution is 2.13. The van der Waals surface area contributed by atoms with E-state index >= 15 is 0 Å². The Morgan fingerprint density at radius 2 is 1.88 bits per heavy atom. The summed E-state index contributed by atoms with van der Waals surface area (Å²) in [6, 6.07) is 11.6. The number of carbonyl (C=O) groups excluding carboxylic acids is 1. The van der Waals surface area contributed by atoms with Crippen LogP contribution in [0.2, 0.25) is 0 Å². The van der Waals surface area contributed by atoms with Gasteiger partial charge in [0.2, 0.25) is 10.0 Å². The van der Waals surface area contributed by atoms with E-state index in [4.69, 9.17) is 0 Å². The third-order valence-electron chi connectivity index (χ3n) is 4.16. The zero-order valence-electron chi connectivity index (χ0n) is 15.3. The van der Waals surface area contributed by atoms with Crippen LogP contribution in [0.15, 0.2) is 53.6 Å². The van der Waals surface area contributed by atoms with Crippen LogP contribution >= 0.6 is 0 Å². The molecule has 0 aliphatic carbocycles. The van der Waals surface area contributed by atoms with Crippen molar-refractivity contribution in [1.29, 1.82) is 0 Å². The molecular weight excluding hydrogens is 350 g/mol. The molecule has 0 spiro atoms. The molecule has 1 heterocycles. The molecule has 140 valence electrons. The first kappa shape index (κ1) is 20.1. The number of nitrogens with one attached hydrogen (secondary N) is 1. The summed E-state index contributed by atoms with van der Waals surface area (Å²) >= 11 is 0. The topological polar surface area (TPSA) is 79.4 Å². The predicted molar refractivity (Wildman–Crippen MR) is 101 cm³/mol. The number of rotatable bonds is 8. The molecule has 1 unspecified atom stereocenters. The Morgan fingerprint density at radius 3 is 2.46 bits per heavy atom. The van der Waals surface area contributed by atoms with Gasteiger partial charge < -0.3 is 4.90 Å². The predicted octanol–water partition coefficient (Wildman–Crippen LogP) is 2.47. The van der Waals surface area contributed by atoms with E-state index in [1.165, 1.54) is 12.1 Å². The number of carbonyl (C=O) groups is 1. The molecule has 0 aliphatic heterocycles. The summed E-state index contributed by atoms with van der Waals surface area (Å²) in [5.41, 5.74) is 1.38. The fourth-order valence-electron chi connectivity index (χ4n) is 2.34. The van der Waals surface area contributed by atoms with Crippen LogP contribution in [0.4, 0.5) is 0 Å². The molecule has 0 radical (unpaired) electrons. The van der Waals surface area contributed by atoms with Gasteiger partial charge in [0.25, 0.3) is 5.91 Å². The number of benzene rings is 1. The summed E-state index contributed by atoms with van der Waals surface area (Å²) in [7, 11) is -1.84. The molecule has 0 aliphatic rings. The lowest BCUT2D eigenvalue weighted by atomic mass is 10.2. The van der Waals surface area contributed by atoms with Gasteiger partial charge in [-0.3, -0.25) is 9.78 Å². The number of hydrogen-bond acceptors (Lipinski definition) is 4. The summed E-state index contributed by atoms with van der Waals surface area (Å²) in [5.74, 6) is -0.153. The quantitative estimate of drug-likeness (QED) is 0.769. The van der Waals surface area contributed by atoms with Crippen LogP contribution in [0.3, 0.4) is 0 Å². The maximum atomic E-state index is 12.5. The highest BCUT2D eigenvalue weighted by molar-refractivity contribution is 7.89. The normalized spacial score (nSPS) is 12.6. The van der Waals surface area contributed by atoms with E-state index < -0.39 is 10.0 Å². The fraction of sp³-hybridized carbons (Fsp3) is 0.368. The van der Waals surface area contributed by atoms with Gasteiger partial charge in [0.05, 0.1) is 4.90 Å². The maximum Gasteiger partial charge on any atom is 0.253 e. The Hall–Kier alpha value is -2.25. The lowest BCUT2D eigenvalue weighted by molar-refractivity contribution is 0.0796. The second-order valence-corrected chi connectivity index (χ2v) is 7.97. The molecule has 0 saturated carbocycles. The number of likely N-dealkylation sites (N-methyl/N-ethyl adjacent to an activating group) is 1. The zero-order valence-corrected chi connectivity index (χ0v) is 16.2. The molecule has 1 N–H and O–H groups in total. The third-order valence-corrected chi connectivity index (χ3v) is 5.76. The van der Waals surface area contributed by atoms with E-state index in [2.05, 4.69) is 9.71 Å². The van der Waals surface area contributed by atoms with Crippen molar-refractivity contribution in [2.75, 3.05) is 13.6 Å². The Kier molecular flexibility index (Phi) is 6.88. The number of amides is 1. The van der Waals surface area contributed by atoms with Crippen molar-refractivity contribution in [3.05, 3.63) is 59.9 Å². The number of aromatic nitrogens is 1. The van der Waals surface area contributed by atoms with Crippen LogP contribution in [-0.4, -0.2) is 43.8 Å². The lowest BCUT2D eigenvalue weighted by Gasteiger charge is -2.17. The van der Waals surface area contributed by atoms with Crippen LogP contribution in [-0.2, 0) is 16.4 Å². The zero-order chi connectivity index (χ0) is 19.2. The Balaban J connectivity index is 2.01. The van der Waals surface area contributed by atoms with E-state index in [1.54, 1.807) is 30.3 Å². The number of hydrogen-bond donors (Lipinski definition) is 1. The van der Waals surface area contributed by atoms with Gasteiger partial charge >= 0.3 is 0 Å². The summed E-state index contributed by atoms with van der Waals surface area (Å²) in [4.78, 5) is 18.5. The average Bonchev–Trinajstić information content (AvgIpc) is 2.66. The summed E-state index contributed by atoms with van der Waals surface area (Å²) in [6.07, 6.45) is 3.09. The summed E-state index contributed by atoms with van der Waals surface area (Å²) < 4.78 is 27.1. The Bertz CT molecular complexity index is 821. The highest BCUT2D eigenvalue weighted by atomic mass is 32.2. The smallest absolute Gasteiger partial charge is 0.253 e. The van der Waals surface area contributed by atoms with Crippen molar-refractivity contribution < 1.29 is 13.2 Å². The molecule has 1 aromatic carbocycles. The second-order valence-electron chi connectivity index (χ2n) is 6.25. The molecule has 1 amide bonds. The van der Waals surface area contributed by atoms with Crippen LogP contribution in [0, 0.1) is 0 Å². The molecule has 26 heavy (non-hydrogen) atoms. The summed E-state index contributed by atoms with van der Waals surface area (Å²) in [5, 5.41) is 0. The molecule has 7 heteroatoms. The van der Waals surface area contributed by atoms with Gasteiger partial charge in [-0.2, -0.15) is 0 Å². The molecule has 2 aromatic rings. The Morgan fingerprint density at radius 1 is 1.19 bits per heavy atom. The number of pyridine rings is 1. The first-order valence-electron chi connectivity index (χ1n) is 8.61. The van der Waals surface area contributed by atoms with Crippen LogP contribution < -0.4 is 4.72 Å². The van der Waals surface area contributed by atoms with Crippen LogP contribution in [0.5, 0.6) is 0 Å². The number of sulfonamides is 1. The molecule has 0 saturated heterocycles. The first-order valence-corrected chi connectivity index (χ1v) is 10.1. The van der Waals surface area contributed by atoms with Gasteiger partial charge in [0.1, 0.15) is 0 Å².